The molecule has 0 atom stereocenters. The van der Waals surface area contributed by atoms with E-state index in [0.717, 1.165) is 16.9 Å². The van der Waals surface area contributed by atoms with Gasteiger partial charge in [-0.15, -0.1) is 11.3 Å². The second kappa shape index (κ2) is 6.37. The molecule has 0 saturated carbocycles. The van der Waals surface area contributed by atoms with E-state index in [9.17, 15) is 19.8 Å². The summed E-state index contributed by atoms with van der Waals surface area (Å²) in [6, 6.07) is 3.16. The third-order valence-corrected chi connectivity index (χ3v) is 6.36. The van der Waals surface area contributed by atoms with Crippen LogP contribution in [0.1, 0.15) is 43.3 Å². The minimum atomic E-state index is -0.913. The number of carbonyl (C=O) groups excluding carboxylic acids is 1. The highest BCUT2D eigenvalue weighted by atomic mass is 32.1. The first-order valence-electron chi connectivity index (χ1n) is 8.42. The predicted octanol–water partition coefficient (Wildman–Crippen LogP) is 2.25. The van der Waals surface area contributed by atoms with E-state index in [0.29, 0.717) is 43.0 Å². The summed E-state index contributed by atoms with van der Waals surface area (Å²) < 4.78 is 6.11. The van der Waals surface area contributed by atoms with Crippen LogP contribution in [0.5, 0.6) is 5.75 Å². The molecule has 8 heteroatoms. The summed E-state index contributed by atoms with van der Waals surface area (Å²) in [6.45, 7) is 1.58. The Morgan fingerprint density at radius 3 is 2.69 bits per heavy atom. The number of ether oxygens (including phenoxy) is 1. The van der Waals surface area contributed by atoms with Crippen LogP contribution in [-0.4, -0.2) is 51.7 Å². The Balaban J connectivity index is 1.54. The molecule has 7 nitrogen and oxygen atoms in total. The summed E-state index contributed by atoms with van der Waals surface area (Å²) in [5.41, 5.74) is 0.908. The number of hydrogen-bond donors (Lipinski definition) is 2. The summed E-state index contributed by atoms with van der Waals surface area (Å²) in [4.78, 5) is 30.8. The number of carboxylic acid groups (broad SMARTS) is 1. The van der Waals surface area contributed by atoms with Gasteiger partial charge in [-0.2, -0.15) is 0 Å². The zero-order chi connectivity index (χ0) is 18.3. The molecule has 2 N–H and O–H groups in total. The van der Waals surface area contributed by atoms with Gasteiger partial charge in [-0.05, 0) is 37.0 Å². The molecule has 0 aliphatic carbocycles. The van der Waals surface area contributed by atoms with Gasteiger partial charge in [-0.3, -0.25) is 9.78 Å². The van der Waals surface area contributed by atoms with Crippen LogP contribution < -0.4 is 0 Å². The molecule has 0 radical (unpaired) electrons. The molecule has 2 aliphatic heterocycles. The van der Waals surface area contributed by atoms with Crippen LogP contribution in [0.25, 0.3) is 0 Å². The van der Waals surface area contributed by atoms with Crippen LogP contribution >= 0.6 is 11.3 Å². The molecular weight excluding hydrogens is 356 g/mol. The van der Waals surface area contributed by atoms with Crippen molar-refractivity contribution in [2.75, 3.05) is 19.7 Å². The summed E-state index contributed by atoms with van der Waals surface area (Å²) in [5.74, 6) is -1.12. The predicted molar refractivity (Wildman–Crippen MR) is 93.7 cm³/mol. The van der Waals surface area contributed by atoms with E-state index in [4.69, 9.17) is 4.74 Å². The molecule has 2 aromatic heterocycles. The van der Waals surface area contributed by atoms with Crippen molar-refractivity contribution < 1.29 is 24.5 Å². The minimum absolute atomic E-state index is 0.0376. The minimum Gasteiger partial charge on any atom is -0.506 e. The number of amides is 1. The van der Waals surface area contributed by atoms with Gasteiger partial charge >= 0.3 is 5.97 Å². The van der Waals surface area contributed by atoms with E-state index in [-0.39, 0.29) is 11.7 Å². The van der Waals surface area contributed by atoms with Crippen LogP contribution in [0.15, 0.2) is 24.5 Å². The standard InChI is InChI=1S/C18H18N2O5S/c21-13-7-12(9-19-10-13)16(22)20-4-2-18(3-5-20)15-11(1-6-25-18)8-14(26-15)17(23)24/h7-10,21H,1-6H2,(H,23,24). The highest BCUT2D eigenvalue weighted by Gasteiger charge is 2.43. The van der Waals surface area contributed by atoms with E-state index in [2.05, 4.69) is 4.98 Å². The molecule has 4 rings (SSSR count). The average Bonchev–Trinajstić information content (AvgIpc) is 3.08. The Morgan fingerprint density at radius 1 is 1.23 bits per heavy atom. The molecule has 4 heterocycles. The highest BCUT2D eigenvalue weighted by molar-refractivity contribution is 7.14. The molecule has 0 aromatic carbocycles. The Labute approximate surface area is 153 Å². The van der Waals surface area contributed by atoms with Crippen molar-refractivity contribution in [3.63, 3.8) is 0 Å². The van der Waals surface area contributed by atoms with Gasteiger partial charge in [-0.1, -0.05) is 0 Å². The topological polar surface area (TPSA) is 100.0 Å². The fraction of sp³-hybridized carbons (Fsp3) is 0.389. The van der Waals surface area contributed by atoms with E-state index in [1.54, 1.807) is 11.0 Å². The van der Waals surface area contributed by atoms with E-state index in [1.165, 1.54) is 29.8 Å². The van der Waals surface area contributed by atoms with Crippen LogP contribution in [0, 0.1) is 0 Å². The van der Waals surface area contributed by atoms with Crippen molar-refractivity contribution in [2.24, 2.45) is 0 Å². The zero-order valence-corrected chi connectivity index (χ0v) is 14.8. The monoisotopic (exact) mass is 374 g/mol. The van der Waals surface area contributed by atoms with Crippen molar-refractivity contribution in [1.82, 2.24) is 9.88 Å². The number of carbonyl (C=O) groups is 2. The van der Waals surface area contributed by atoms with Crippen molar-refractivity contribution in [1.29, 1.82) is 0 Å². The fourth-order valence-corrected chi connectivity index (χ4v) is 4.95. The third kappa shape index (κ3) is 2.85. The van der Waals surface area contributed by atoms with Crippen molar-refractivity contribution in [3.8, 4) is 5.75 Å². The molecule has 1 amide bonds. The summed E-state index contributed by atoms with van der Waals surface area (Å²) >= 11 is 1.29. The third-order valence-electron chi connectivity index (χ3n) is 5.01. The summed E-state index contributed by atoms with van der Waals surface area (Å²) in [6.07, 6.45) is 4.70. The molecule has 0 unspecified atom stereocenters. The number of hydrogen-bond acceptors (Lipinski definition) is 6. The smallest absolute Gasteiger partial charge is 0.345 e. The number of fused-ring (bicyclic) bond motifs is 2. The zero-order valence-electron chi connectivity index (χ0n) is 14.0. The van der Waals surface area contributed by atoms with Crippen LogP contribution in [0.2, 0.25) is 0 Å². The Hall–Kier alpha value is -2.45. The Bertz CT molecular complexity index is 870. The fourth-order valence-electron chi connectivity index (χ4n) is 3.70. The lowest BCUT2D eigenvalue weighted by atomic mass is 9.85. The van der Waals surface area contributed by atoms with E-state index in [1.807, 2.05) is 0 Å². The largest absolute Gasteiger partial charge is 0.506 e. The quantitative estimate of drug-likeness (QED) is 0.836. The van der Waals surface area contributed by atoms with Gasteiger partial charge in [0.15, 0.2) is 0 Å². The van der Waals surface area contributed by atoms with E-state index < -0.39 is 11.6 Å². The Morgan fingerprint density at radius 2 is 2.00 bits per heavy atom. The first-order chi connectivity index (χ1) is 12.5. The van der Waals surface area contributed by atoms with Crippen LogP contribution in [0.3, 0.4) is 0 Å². The molecule has 136 valence electrons. The maximum absolute atomic E-state index is 12.6. The molecule has 1 fully saturated rings. The second-order valence-electron chi connectivity index (χ2n) is 6.59. The van der Waals surface area contributed by atoms with E-state index >= 15 is 0 Å². The highest BCUT2D eigenvalue weighted by Crippen LogP contribution is 2.45. The summed E-state index contributed by atoms with van der Waals surface area (Å²) in [7, 11) is 0. The SMILES string of the molecule is O=C(O)c1cc2c(s1)C1(CCN(C(=O)c3cncc(O)c3)CC1)OCC2. The number of thiophene rings is 1. The van der Waals surface area contributed by atoms with Gasteiger partial charge in [0.1, 0.15) is 16.2 Å². The van der Waals surface area contributed by atoms with Gasteiger partial charge in [-0.25, -0.2) is 4.79 Å². The molecule has 2 aliphatic rings. The number of likely N-dealkylation sites (tertiary alicyclic amines) is 1. The van der Waals surface area contributed by atoms with Crippen molar-refractivity contribution in [3.05, 3.63) is 45.4 Å². The molecule has 1 saturated heterocycles. The number of piperidine rings is 1. The van der Waals surface area contributed by atoms with Gasteiger partial charge in [0, 0.05) is 24.2 Å². The maximum Gasteiger partial charge on any atom is 0.345 e. The molecule has 1 spiro atoms. The number of aromatic hydroxyl groups is 1. The lowest BCUT2D eigenvalue weighted by Gasteiger charge is -2.43. The number of rotatable bonds is 2. The number of carboxylic acids is 1. The number of nitrogens with zero attached hydrogens (tertiary/aromatic N) is 2. The number of pyridine rings is 1. The van der Waals surface area contributed by atoms with Crippen LogP contribution in [0.4, 0.5) is 0 Å². The lowest BCUT2D eigenvalue weighted by molar-refractivity contribution is -0.0906. The normalized spacial score (nSPS) is 18.5. The molecule has 26 heavy (non-hydrogen) atoms. The second-order valence-corrected chi connectivity index (χ2v) is 7.64. The van der Waals surface area contributed by atoms with Gasteiger partial charge in [0.05, 0.1) is 18.4 Å². The van der Waals surface area contributed by atoms with Gasteiger partial charge in [0.25, 0.3) is 5.91 Å². The molecule has 0 bridgehead atoms. The maximum atomic E-state index is 12.6. The summed E-state index contributed by atoms with van der Waals surface area (Å²) in [5, 5.41) is 18.8. The number of aromatic carboxylic acids is 1. The first kappa shape index (κ1) is 17.0. The first-order valence-corrected chi connectivity index (χ1v) is 9.24. The van der Waals surface area contributed by atoms with Crippen LogP contribution in [-0.2, 0) is 16.8 Å². The molecule has 2 aromatic rings. The number of aromatic nitrogens is 1. The average molecular weight is 374 g/mol. The van der Waals surface area contributed by atoms with Gasteiger partial charge < -0.3 is 19.8 Å². The van der Waals surface area contributed by atoms with Gasteiger partial charge in [0.2, 0.25) is 0 Å². The lowest BCUT2D eigenvalue weighted by Crippen LogP contribution is -2.47. The Kier molecular flexibility index (Phi) is 4.16. The van der Waals surface area contributed by atoms with Crippen molar-refractivity contribution in [2.45, 2.75) is 24.9 Å². The van der Waals surface area contributed by atoms with Crippen molar-refractivity contribution >= 4 is 23.2 Å². The molecular formula is C18H18N2O5S.